The van der Waals surface area contributed by atoms with E-state index in [9.17, 15) is 9.90 Å². The van der Waals surface area contributed by atoms with Crippen LogP contribution in [-0.2, 0) is 0 Å². The van der Waals surface area contributed by atoms with Crippen LogP contribution in [-0.4, -0.2) is 36.2 Å². The van der Waals surface area contributed by atoms with Gasteiger partial charge in [-0.25, -0.2) is 0 Å². The number of carboxylic acid groups (broad SMARTS) is 1. The minimum atomic E-state index is -1.02. The van der Waals surface area contributed by atoms with Gasteiger partial charge in [0.25, 0.3) is 0 Å². The molecule has 2 aromatic heterocycles. The first kappa shape index (κ1) is 15.9. The van der Waals surface area contributed by atoms with Gasteiger partial charge in [-0.3, -0.25) is 0 Å². The fraction of sp³-hybridized carbons (Fsp3) is 0. The third-order valence-corrected chi connectivity index (χ3v) is 7.47. The number of carbonyl (C=O) groups is 1. The van der Waals surface area contributed by atoms with Crippen molar-refractivity contribution in [2.45, 2.75) is 0 Å². The van der Waals surface area contributed by atoms with Crippen molar-refractivity contribution >= 4 is 75.2 Å². The molecule has 1 N–H and O–H groups in total. The average molecular weight is 461 g/mol. The number of imidazole rings is 1. The van der Waals surface area contributed by atoms with Gasteiger partial charge in [-0.15, -0.1) is 0 Å². The number of pyridine rings is 1. The Kier molecular flexibility index (Phi) is 4.51. The molecule has 1 aromatic carbocycles. The molecule has 3 rings (SSSR count). The first-order valence-corrected chi connectivity index (χ1v) is 9.45. The molecular formula is C14H7AsBrCl2N2O2. The fourth-order valence-corrected chi connectivity index (χ4v) is 5.50. The van der Waals surface area contributed by atoms with Gasteiger partial charge in [0, 0.05) is 0 Å². The molecule has 0 aliphatic heterocycles. The van der Waals surface area contributed by atoms with Crippen molar-refractivity contribution in [3.63, 3.8) is 0 Å². The molecule has 0 saturated heterocycles. The second kappa shape index (κ2) is 6.24. The Morgan fingerprint density at radius 3 is 2.82 bits per heavy atom. The Labute approximate surface area is 150 Å². The summed E-state index contributed by atoms with van der Waals surface area (Å²) in [6.07, 6.45) is 4.79. The van der Waals surface area contributed by atoms with Crippen LogP contribution in [0.4, 0.5) is 0 Å². The van der Waals surface area contributed by atoms with E-state index in [4.69, 9.17) is 23.2 Å². The number of aromatic nitrogens is 2. The van der Waals surface area contributed by atoms with Gasteiger partial charge in [-0.05, 0) is 0 Å². The van der Waals surface area contributed by atoms with Gasteiger partial charge in [0.15, 0.2) is 0 Å². The molecule has 0 aliphatic carbocycles. The molecule has 2 heterocycles. The van der Waals surface area contributed by atoms with E-state index in [2.05, 4.69) is 20.9 Å². The Morgan fingerprint density at radius 2 is 2.14 bits per heavy atom. The summed E-state index contributed by atoms with van der Waals surface area (Å²) in [7, 11) is 0. The summed E-state index contributed by atoms with van der Waals surface area (Å²) in [5.74, 6) is -1.02. The van der Waals surface area contributed by atoms with Crippen molar-refractivity contribution < 1.29 is 9.90 Å². The fourth-order valence-electron chi connectivity index (χ4n) is 1.97. The van der Waals surface area contributed by atoms with Gasteiger partial charge < -0.3 is 0 Å². The third kappa shape index (κ3) is 2.91. The average Bonchev–Trinajstić information content (AvgIpc) is 2.92. The van der Waals surface area contributed by atoms with Gasteiger partial charge in [-0.2, -0.15) is 0 Å². The number of hydrogen-bond donors (Lipinski definition) is 1. The van der Waals surface area contributed by atoms with Crippen molar-refractivity contribution in [3.05, 3.63) is 56.9 Å². The van der Waals surface area contributed by atoms with Gasteiger partial charge in [0.2, 0.25) is 0 Å². The van der Waals surface area contributed by atoms with Crippen LogP contribution in [0.5, 0.6) is 0 Å². The maximum absolute atomic E-state index is 11.6. The van der Waals surface area contributed by atoms with E-state index in [0.717, 1.165) is 8.82 Å². The Bertz CT molecular complexity index is 898. The normalized spacial score (nSPS) is 11.6. The number of fused-ring (bicyclic) bond motifs is 1. The van der Waals surface area contributed by atoms with Crippen LogP contribution in [0.15, 0.2) is 41.3 Å². The molecule has 22 heavy (non-hydrogen) atoms. The molecule has 4 nitrogen and oxygen atoms in total. The zero-order chi connectivity index (χ0) is 15.9. The number of aromatic carboxylic acids is 1. The summed E-state index contributed by atoms with van der Waals surface area (Å²) in [6, 6.07) is 5.54. The number of halogens is 3. The maximum atomic E-state index is 11.6. The quantitative estimate of drug-likeness (QED) is 0.611. The van der Waals surface area contributed by atoms with Crippen LogP contribution in [0, 0.1) is 0 Å². The predicted molar refractivity (Wildman–Crippen MR) is 91.3 cm³/mol. The van der Waals surface area contributed by atoms with Crippen LogP contribution in [0.2, 0.25) is 10.0 Å². The molecule has 0 aliphatic rings. The summed E-state index contributed by atoms with van der Waals surface area (Å²) < 4.78 is 3.96. The number of benzene rings is 1. The molecule has 0 atom stereocenters. The first-order chi connectivity index (χ1) is 10.5. The van der Waals surface area contributed by atoms with Crippen LogP contribution in [0.1, 0.15) is 10.4 Å². The molecule has 111 valence electrons. The van der Waals surface area contributed by atoms with Crippen molar-refractivity contribution in [1.29, 1.82) is 0 Å². The molecule has 0 amide bonds. The zero-order valence-electron chi connectivity index (χ0n) is 10.8. The van der Waals surface area contributed by atoms with Crippen molar-refractivity contribution in [2.75, 3.05) is 0 Å². The van der Waals surface area contributed by atoms with Gasteiger partial charge in [0.1, 0.15) is 0 Å². The van der Waals surface area contributed by atoms with Gasteiger partial charge in [0.05, 0.1) is 0 Å². The molecule has 1 radical (unpaired) electrons. The van der Waals surface area contributed by atoms with Crippen molar-refractivity contribution in [2.24, 2.45) is 0 Å². The van der Waals surface area contributed by atoms with E-state index in [1.54, 1.807) is 22.9 Å². The molecule has 8 heteroatoms. The third-order valence-electron chi connectivity index (χ3n) is 2.97. The summed E-state index contributed by atoms with van der Waals surface area (Å²) >= 11 is 15.3. The van der Waals surface area contributed by atoms with Gasteiger partial charge >= 0.3 is 151 Å². The molecule has 0 bridgehead atoms. The second-order valence-electron chi connectivity index (χ2n) is 4.38. The minimum absolute atomic E-state index is 0.175. The SMILES string of the molecule is O=C(O)c1cn2ccnc2c(Cl)c1[As]c1ccc(Br)cc1Cl. The Hall–Kier alpha value is -1.00. The van der Waals surface area contributed by atoms with E-state index in [0.29, 0.717) is 20.0 Å². The Balaban J connectivity index is 2.18. The monoisotopic (exact) mass is 459 g/mol. The standard InChI is InChI=1S/C14H7AsBrCl2N2O2/c16-7-1-2-9(10(17)5-7)15-11-8(14(21)22)6-20-4-3-19-13(20)12(11)18/h1-6H,(H,21,22). The van der Waals surface area contributed by atoms with E-state index in [1.165, 1.54) is 6.20 Å². The van der Waals surface area contributed by atoms with Crippen LogP contribution in [0.25, 0.3) is 5.65 Å². The van der Waals surface area contributed by atoms with Gasteiger partial charge in [-0.1, -0.05) is 0 Å². The number of rotatable bonds is 3. The molecule has 3 aromatic rings. The second-order valence-corrected chi connectivity index (χ2v) is 8.50. The number of hydrogen-bond acceptors (Lipinski definition) is 2. The number of carboxylic acids is 1. The molecule has 0 unspecified atom stereocenters. The summed E-state index contributed by atoms with van der Waals surface area (Å²) in [5, 5.41) is 10.4. The zero-order valence-corrected chi connectivity index (χ0v) is 15.8. The van der Waals surface area contributed by atoms with E-state index in [1.807, 2.05) is 12.1 Å². The first-order valence-electron chi connectivity index (χ1n) is 6.02. The van der Waals surface area contributed by atoms with E-state index in [-0.39, 0.29) is 5.56 Å². The van der Waals surface area contributed by atoms with Crippen LogP contribution in [0.3, 0.4) is 0 Å². The Morgan fingerprint density at radius 1 is 1.36 bits per heavy atom. The summed E-state index contributed by atoms with van der Waals surface area (Å²) in [5.41, 5.74) is 0.722. The van der Waals surface area contributed by atoms with E-state index < -0.39 is 21.7 Å². The van der Waals surface area contributed by atoms with Crippen LogP contribution < -0.4 is 8.70 Å². The summed E-state index contributed by atoms with van der Waals surface area (Å²) in [4.78, 5) is 15.7. The van der Waals surface area contributed by atoms with Crippen LogP contribution >= 0.6 is 39.1 Å². The molecule has 0 saturated carbocycles. The van der Waals surface area contributed by atoms with Crippen molar-refractivity contribution in [1.82, 2.24) is 9.38 Å². The molecular weight excluding hydrogens is 454 g/mol. The molecule has 0 spiro atoms. The van der Waals surface area contributed by atoms with E-state index >= 15 is 0 Å². The number of nitrogens with zero attached hydrogens (tertiary/aromatic N) is 2. The summed E-state index contributed by atoms with van der Waals surface area (Å²) in [6.45, 7) is 0. The molecule has 0 fully saturated rings. The van der Waals surface area contributed by atoms with Crippen molar-refractivity contribution in [3.8, 4) is 0 Å². The topological polar surface area (TPSA) is 54.6 Å². The predicted octanol–water partition coefficient (Wildman–Crippen LogP) is 2.76.